The molecule has 0 bridgehead atoms. The molecule has 0 aliphatic carbocycles. The fourth-order valence-electron chi connectivity index (χ4n) is 2.05. The van der Waals surface area contributed by atoms with Gasteiger partial charge in [-0.15, -0.1) is 0 Å². The Kier molecular flexibility index (Phi) is 8.12. The minimum absolute atomic E-state index is 0.160. The van der Waals surface area contributed by atoms with Gasteiger partial charge in [-0.25, -0.2) is 0 Å². The van der Waals surface area contributed by atoms with Crippen LogP contribution in [0.5, 0.6) is 11.5 Å². The van der Waals surface area contributed by atoms with Gasteiger partial charge < -0.3 is 24.3 Å². The molecule has 1 atom stereocenters. The summed E-state index contributed by atoms with van der Waals surface area (Å²) in [6.07, 6.45) is -0.220. The van der Waals surface area contributed by atoms with Crippen molar-refractivity contribution in [1.82, 2.24) is 5.32 Å². The van der Waals surface area contributed by atoms with Gasteiger partial charge in [-0.05, 0) is 38.5 Å². The van der Waals surface area contributed by atoms with E-state index in [0.717, 1.165) is 17.1 Å². The summed E-state index contributed by atoms with van der Waals surface area (Å²) in [6.45, 7) is 7.93. The molecule has 21 heavy (non-hydrogen) atoms. The van der Waals surface area contributed by atoms with Crippen molar-refractivity contribution in [3.8, 4) is 11.5 Å². The zero-order valence-corrected chi connectivity index (χ0v) is 13.6. The molecule has 0 radical (unpaired) electrons. The summed E-state index contributed by atoms with van der Waals surface area (Å²) >= 11 is 0. The van der Waals surface area contributed by atoms with E-state index in [4.69, 9.17) is 18.9 Å². The topological polar surface area (TPSA) is 49.0 Å². The normalized spacial score (nSPS) is 12.5. The summed E-state index contributed by atoms with van der Waals surface area (Å²) in [5.41, 5.74) is 1.12. The fourth-order valence-corrected chi connectivity index (χ4v) is 2.05. The van der Waals surface area contributed by atoms with Crippen LogP contribution >= 0.6 is 0 Å². The number of hydrogen-bond donors (Lipinski definition) is 1. The van der Waals surface area contributed by atoms with Gasteiger partial charge in [0.05, 0.1) is 14.2 Å². The summed E-state index contributed by atoms with van der Waals surface area (Å²) in [4.78, 5) is 0. The lowest BCUT2D eigenvalue weighted by atomic mass is 10.1. The van der Waals surface area contributed by atoms with Crippen molar-refractivity contribution in [1.29, 1.82) is 0 Å². The van der Waals surface area contributed by atoms with E-state index in [1.807, 2.05) is 32.0 Å². The monoisotopic (exact) mass is 297 g/mol. The molecular weight excluding hydrogens is 270 g/mol. The van der Waals surface area contributed by atoms with E-state index < -0.39 is 0 Å². The standard InChI is InChI=1S/C16H27NO4/c1-6-20-16(21-7-2)11-17-12(3)13-8-9-14(18-4)15(10-13)19-5/h8-10,12,16-17H,6-7,11H2,1-5H3/t12-/m1/s1. The predicted octanol–water partition coefficient (Wildman–Crippen LogP) is 2.75. The van der Waals surface area contributed by atoms with E-state index >= 15 is 0 Å². The van der Waals surface area contributed by atoms with E-state index in [9.17, 15) is 0 Å². The van der Waals surface area contributed by atoms with Crippen LogP contribution in [0.15, 0.2) is 18.2 Å². The molecule has 1 rings (SSSR count). The summed E-state index contributed by atoms with van der Waals surface area (Å²) in [7, 11) is 3.27. The molecule has 0 aromatic heterocycles. The SMILES string of the molecule is CCOC(CN[C@H](C)c1ccc(OC)c(OC)c1)OCC. The largest absolute Gasteiger partial charge is 0.493 e. The first-order valence-electron chi connectivity index (χ1n) is 7.34. The molecule has 0 spiro atoms. The van der Waals surface area contributed by atoms with Crippen molar-refractivity contribution in [2.75, 3.05) is 34.0 Å². The molecule has 1 aromatic carbocycles. The van der Waals surface area contributed by atoms with Crippen LogP contribution in [0.4, 0.5) is 0 Å². The van der Waals surface area contributed by atoms with Gasteiger partial charge in [-0.2, -0.15) is 0 Å². The molecule has 5 nitrogen and oxygen atoms in total. The first kappa shape index (κ1) is 17.8. The second-order valence-corrected chi connectivity index (χ2v) is 4.58. The highest BCUT2D eigenvalue weighted by Crippen LogP contribution is 2.29. The van der Waals surface area contributed by atoms with Crippen LogP contribution in [0.3, 0.4) is 0 Å². The maximum Gasteiger partial charge on any atom is 0.169 e. The lowest BCUT2D eigenvalue weighted by Crippen LogP contribution is -2.33. The molecular formula is C16H27NO4. The van der Waals surface area contributed by atoms with Crippen molar-refractivity contribution in [3.05, 3.63) is 23.8 Å². The van der Waals surface area contributed by atoms with Gasteiger partial charge in [0, 0.05) is 25.8 Å². The van der Waals surface area contributed by atoms with Gasteiger partial charge in [-0.1, -0.05) is 6.07 Å². The summed E-state index contributed by atoms with van der Waals surface area (Å²) < 4.78 is 21.6. The lowest BCUT2D eigenvalue weighted by Gasteiger charge is -2.21. The predicted molar refractivity (Wildman–Crippen MR) is 83.0 cm³/mol. The Labute approximate surface area is 127 Å². The molecule has 0 fully saturated rings. The van der Waals surface area contributed by atoms with Gasteiger partial charge in [0.15, 0.2) is 17.8 Å². The van der Waals surface area contributed by atoms with Crippen molar-refractivity contribution < 1.29 is 18.9 Å². The Balaban J connectivity index is 2.64. The first-order valence-corrected chi connectivity index (χ1v) is 7.34. The van der Waals surface area contributed by atoms with Gasteiger partial charge in [0.1, 0.15) is 0 Å². The highest BCUT2D eigenvalue weighted by Gasteiger charge is 2.13. The van der Waals surface area contributed by atoms with Gasteiger partial charge in [0.25, 0.3) is 0 Å². The Hall–Kier alpha value is -1.30. The second kappa shape index (κ2) is 9.60. The van der Waals surface area contributed by atoms with Gasteiger partial charge in [0.2, 0.25) is 0 Å². The van der Waals surface area contributed by atoms with Crippen LogP contribution in [-0.2, 0) is 9.47 Å². The molecule has 0 saturated carbocycles. The van der Waals surface area contributed by atoms with Crippen LogP contribution in [0.25, 0.3) is 0 Å². The molecule has 5 heteroatoms. The number of methoxy groups -OCH3 is 2. The van der Waals surface area contributed by atoms with Crippen LogP contribution < -0.4 is 14.8 Å². The van der Waals surface area contributed by atoms with E-state index in [-0.39, 0.29) is 12.3 Å². The fraction of sp³-hybridized carbons (Fsp3) is 0.625. The van der Waals surface area contributed by atoms with Crippen LogP contribution in [0.1, 0.15) is 32.4 Å². The Morgan fingerprint density at radius 2 is 1.62 bits per heavy atom. The minimum Gasteiger partial charge on any atom is -0.493 e. The molecule has 0 unspecified atom stereocenters. The highest BCUT2D eigenvalue weighted by molar-refractivity contribution is 5.43. The summed E-state index contributed by atoms with van der Waals surface area (Å²) in [5, 5.41) is 3.41. The van der Waals surface area contributed by atoms with Crippen LogP contribution in [-0.4, -0.2) is 40.3 Å². The lowest BCUT2D eigenvalue weighted by molar-refractivity contribution is -0.133. The molecule has 0 saturated heterocycles. The quantitative estimate of drug-likeness (QED) is 0.673. The van der Waals surface area contributed by atoms with Crippen LogP contribution in [0.2, 0.25) is 0 Å². The van der Waals surface area contributed by atoms with E-state index in [2.05, 4.69) is 12.2 Å². The smallest absolute Gasteiger partial charge is 0.169 e. The van der Waals surface area contributed by atoms with Crippen molar-refractivity contribution in [2.45, 2.75) is 33.1 Å². The summed E-state index contributed by atoms with van der Waals surface area (Å²) in [5.74, 6) is 1.46. The second-order valence-electron chi connectivity index (χ2n) is 4.58. The number of nitrogens with one attached hydrogen (secondary N) is 1. The zero-order chi connectivity index (χ0) is 15.7. The Morgan fingerprint density at radius 1 is 1.00 bits per heavy atom. The van der Waals surface area contributed by atoms with Crippen molar-refractivity contribution in [3.63, 3.8) is 0 Å². The average Bonchev–Trinajstić information content (AvgIpc) is 2.52. The summed E-state index contributed by atoms with van der Waals surface area (Å²) in [6, 6.07) is 6.07. The van der Waals surface area contributed by atoms with E-state index in [1.54, 1.807) is 14.2 Å². The van der Waals surface area contributed by atoms with Gasteiger partial charge in [-0.3, -0.25) is 0 Å². The number of rotatable bonds is 10. The molecule has 0 aliphatic heterocycles. The highest BCUT2D eigenvalue weighted by atomic mass is 16.7. The Morgan fingerprint density at radius 3 is 2.14 bits per heavy atom. The molecule has 120 valence electrons. The zero-order valence-electron chi connectivity index (χ0n) is 13.6. The van der Waals surface area contributed by atoms with E-state index in [1.165, 1.54) is 0 Å². The Bertz CT molecular complexity index is 405. The molecule has 1 aromatic rings. The molecule has 0 heterocycles. The third kappa shape index (κ3) is 5.53. The third-order valence-corrected chi connectivity index (χ3v) is 3.20. The van der Waals surface area contributed by atoms with Gasteiger partial charge >= 0.3 is 0 Å². The average molecular weight is 297 g/mol. The number of hydrogen-bond acceptors (Lipinski definition) is 5. The van der Waals surface area contributed by atoms with Crippen molar-refractivity contribution >= 4 is 0 Å². The molecule has 0 amide bonds. The maximum absolute atomic E-state index is 5.52. The third-order valence-electron chi connectivity index (χ3n) is 3.20. The molecule has 1 N–H and O–H groups in total. The molecule has 0 aliphatic rings. The number of ether oxygens (including phenoxy) is 4. The van der Waals surface area contributed by atoms with Crippen molar-refractivity contribution in [2.24, 2.45) is 0 Å². The minimum atomic E-state index is -0.220. The van der Waals surface area contributed by atoms with E-state index in [0.29, 0.717) is 19.8 Å². The van der Waals surface area contributed by atoms with Crippen LogP contribution in [0, 0.1) is 0 Å². The number of benzene rings is 1. The first-order chi connectivity index (χ1) is 10.2. The maximum atomic E-state index is 5.52.